The summed E-state index contributed by atoms with van der Waals surface area (Å²) in [6, 6.07) is 8.10. The van der Waals surface area contributed by atoms with Crippen molar-refractivity contribution in [1.29, 1.82) is 0 Å². The Morgan fingerprint density at radius 3 is 2.37 bits per heavy atom. The van der Waals surface area contributed by atoms with Gasteiger partial charge in [-0.1, -0.05) is 11.8 Å². The van der Waals surface area contributed by atoms with Crippen LogP contribution in [-0.4, -0.2) is 26.3 Å². The van der Waals surface area contributed by atoms with Crippen molar-refractivity contribution in [1.82, 2.24) is 14.8 Å². The fourth-order valence-electron chi connectivity index (χ4n) is 3.00. The Kier molecular flexibility index (Phi) is 5.46. The van der Waals surface area contributed by atoms with Gasteiger partial charge in [0, 0.05) is 18.2 Å². The van der Waals surface area contributed by atoms with Crippen molar-refractivity contribution < 1.29 is 9.18 Å². The van der Waals surface area contributed by atoms with Gasteiger partial charge in [0.1, 0.15) is 5.82 Å². The third-order valence-corrected chi connectivity index (χ3v) is 6.07. The number of carbonyl (C=O) groups is 1. The number of thioether (sulfide) groups is 1. The molecule has 2 aromatic carbocycles. The molecule has 0 spiro atoms. The first-order chi connectivity index (χ1) is 12.8. The van der Waals surface area contributed by atoms with Gasteiger partial charge in [-0.15, -0.1) is 10.2 Å². The van der Waals surface area contributed by atoms with Crippen molar-refractivity contribution in [2.24, 2.45) is 7.05 Å². The van der Waals surface area contributed by atoms with Gasteiger partial charge in [0.2, 0.25) is 0 Å². The maximum Gasteiger partial charge on any atom is 0.191 e. The van der Waals surface area contributed by atoms with Crippen molar-refractivity contribution in [3.8, 4) is 11.4 Å². The molecule has 0 atom stereocenters. The quantitative estimate of drug-likeness (QED) is 0.468. The van der Waals surface area contributed by atoms with E-state index in [0.717, 1.165) is 22.3 Å². The predicted molar refractivity (Wildman–Crippen MR) is 107 cm³/mol. The minimum Gasteiger partial charge on any atom is -0.305 e. The molecule has 0 aliphatic carbocycles. The van der Waals surface area contributed by atoms with Gasteiger partial charge in [0.25, 0.3) is 0 Å². The number of aromatic nitrogens is 3. The molecule has 3 aromatic rings. The Hall–Kier alpha value is -2.47. The monoisotopic (exact) mass is 383 g/mol. The summed E-state index contributed by atoms with van der Waals surface area (Å²) in [5.74, 6) is 0.719. The first-order valence-electron chi connectivity index (χ1n) is 8.68. The van der Waals surface area contributed by atoms with Crippen LogP contribution in [0.2, 0.25) is 0 Å². The molecule has 0 saturated heterocycles. The maximum atomic E-state index is 13.1. The second kappa shape index (κ2) is 7.64. The second-order valence-electron chi connectivity index (χ2n) is 6.70. The average molecular weight is 383 g/mol. The molecule has 0 radical (unpaired) electrons. The Bertz CT molecular complexity index is 1010. The molecule has 0 bridgehead atoms. The van der Waals surface area contributed by atoms with Gasteiger partial charge in [0.15, 0.2) is 16.8 Å². The molecule has 0 N–H and O–H groups in total. The number of benzene rings is 2. The van der Waals surface area contributed by atoms with Crippen LogP contribution in [0.3, 0.4) is 0 Å². The Labute approximate surface area is 162 Å². The molecule has 140 valence electrons. The Morgan fingerprint density at radius 1 is 1.04 bits per heavy atom. The highest BCUT2D eigenvalue weighted by molar-refractivity contribution is 7.99. The molecule has 0 unspecified atom stereocenters. The standard InChI is InChI=1S/C21H22FN3OS/c1-12-10-18(15(4)14(3)13(12)2)19(26)11-27-21-24-23-20(25(21)5)16-6-8-17(22)9-7-16/h6-10H,11H2,1-5H3. The summed E-state index contributed by atoms with van der Waals surface area (Å²) in [4.78, 5) is 12.8. The van der Waals surface area contributed by atoms with Crippen LogP contribution in [0.25, 0.3) is 11.4 Å². The van der Waals surface area contributed by atoms with Crippen molar-refractivity contribution in [2.75, 3.05) is 5.75 Å². The van der Waals surface area contributed by atoms with Crippen LogP contribution in [-0.2, 0) is 7.05 Å². The highest BCUT2D eigenvalue weighted by Crippen LogP contribution is 2.26. The predicted octanol–water partition coefficient (Wildman–Crippen LogP) is 4.83. The zero-order valence-corrected chi connectivity index (χ0v) is 16.9. The number of halogens is 1. The van der Waals surface area contributed by atoms with Crippen LogP contribution in [0.1, 0.15) is 32.6 Å². The van der Waals surface area contributed by atoms with Gasteiger partial charge in [-0.25, -0.2) is 4.39 Å². The summed E-state index contributed by atoms with van der Waals surface area (Å²) in [7, 11) is 1.84. The van der Waals surface area contributed by atoms with Crippen LogP contribution >= 0.6 is 11.8 Å². The molecule has 0 saturated carbocycles. The summed E-state index contributed by atoms with van der Waals surface area (Å²) in [5.41, 5.74) is 6.11. The first-order valence-corrected chi connectivity index (χ1v) is 9.67. The Balaban J connectivity index is 1.78. The summed E-state index contributed by atoms with van der Waals surface area (Å²) < 4.78 is 14.9. The normalized spacial score (nSPS) is 11.0. The molecule has 0 aliphatic rings. The van der Waals surface area contributed by atoms with Gasteiger partial charge in [-0.2, -0.15) is 0 Å². The number of aryl methyl sites for hydroxylation is 1. The van der Waals surface area contributed by atoms with Gasteiger partial charge in [-0.05, 0) is 80.3 Å². The second-order valence-corrected chi connectivity index (χ2v) is 7.64. The van der Waals surface area contributed by atoms with E-state index >= 15 is 0 Å². The summed E-state index contributed by atoms with van der Waals surface area (Å²) in [5, 5.41) is 9.02. The van der Waals surface area contributed by atoms with Gasteiger partial charge >= 0.3 is 0 Å². The summed E-state index contributed by atoms with van der Waals surface area (Å²) in [6.07, 6.45) is 0. The van der Waals surface area contributed by atoms with Crippen molar-refractivity contribution in [3.05, 3.63) is 64.0 Å². The van der Waals surface area contributed by atoms with E-state index < -0.39 is 0 Å². The molecule has 0 aliphatic heterocycles. The molecule has 4 nitrogen and oxygen atoms in total. The lowest BCUT2D eigenvalue weighted by Crippen LogP contribution is -2.08. The lowest BCUT2D eigenvalue weighted by Gasteiger charge is -2.13. The van der Waals surface area contributed by atoms with E-state index in [9.17, 15) is 9.18 Å². The van der Waals surface area contributed by atoms with Gasteiger partial charge in [-0.3, -0.25) is 4.79 Å². The number of hydrogen-bond donors (Lipinski definition) is 0. The highest BCUT2D eigenvalue weighted by Gasteiger charge is 2.17. The lowest BCUT2D eigenvalue weighted by molar-refractivity contribution is 0.102. The molecule has 0 fully saturated rings. The molecule has 1 heterocycles. The minimum absolute atomic E-state index is 0.0787. The van der Waals surface area contributed by atoms with E-state index in [-0.39, 0.29) is 17.4 Å². The largest absolute Gasteiger partial charge is 0.305 e. The third kappa shape index (κ3) is 3.81. The number of ketones is 1. The van der Waals surface area contributed by atoms with E-state index in [1.54, 1.807) is 12.1 Å². The van der Waals surface area contributed by atoms with Crippen molar-refractivity contribution >= 4 is 17.5 Å². The fraction of sp³-hybridized carbons (Fsp3) is 0.286. The maximum absolute atomic E-state index is 13.1. The third-order valence-electron chi connectivity index (χ3n) is 5.05. The molecule has 0 amide bonds. The molecular formula is C21H22FN3OS. The Morgan fingerprint density at radius 2 is 1.70 bits per heavy atom. The van der Waals surface area contributed by atoms with E-state index in [4.69, 9.17) is 0 Å². The zero-order chi connectivity index (χ0) is 19.7. The minimum atomic E-state index is -0.292. The van der Waals surface area contributed by atoms with Crippen LogP contribution in [0.5, 0.6) is 0 Å². The molecular weight excluding hydrogens is 361 g/mol. The SMILES string of the molecule is Cc1cc(C(=O)CSc2nnc(-c3ccc(F)cc3)n2C)c(C)c(C)c1C. The van der Waals surface area contributed by atoms with Crippen LogP contribution in [0, 0.1) is 33.5 Å². The summed E-state index contributed by atoms with van der Waals surface area (Å²) >= 11 is 1.36. The number of Topliss-reactive ketones (excluding diaryl/α,β-unsaturated/α-hetero) is 1. The summed E-state index contributed by atoms with van der Waals surface area (Å²) in [6.45, 7) is 8.16. The van der Waals surface area contributed by atoms with E-state index in [1.807, 2.05) is 31.5 Å². The van der Waals surface area contributed by atoms with Crippen molar-refractivity contribution in [2.45, 2.75) is 32.9 Å². The average Bonchev–Trinajstić information content (AvgIpc) is 3.02. The number of hydrogen-bond acceptors (Lipinski definition) is 4. The van der Waals surface area contributed by atoms with Crippen LogP contribution in [0.4, 0.5) is 4.39 Å². The van der Waals surface area contributed by atoms with E-state index in [0.29, 0.717) is 11.0 Å². The van der Waals surface area contributed by atoms with E-state index in [2.05, 4.69) is 24.0 Å². The molecule has 1 aromatic heterocycles. The van der Waals surface area contributed by atoms with Crippen LogP contribution < -0.4 is 0 Å². The lowest BCUT2D eigenvalue weighted by atomic mass is 9.93. The number of rotatable bonds is 5. The number of carbonyl (C=O) groups excluding carboxylic acids is 1. The highest BCUT2D eigenvalue weighted by atomic mass is 32.2. The number of nitrogens with zero attached hydrogens (tertiary/aromatic N) is 3. The molecule has 6 heteroatoms. The van der Waals surface area contributed by atoms with Crippen molar-refractivity contribution in [3.63, 3.8) is 0 Å². The smallest absolute Gasteiger partial charge is 0.191 e. The van der Waals surface area contributed by atoms with Gasteiger partial charge < -0.3 is 4.57 Å². The topological polar surface area (TPSA) is 47.8 Å². The first kappa shape index (κ1) is 19.3. The molecule has 27 heavy (non-hydrogen) atoms. The van der Waals surface area contributed by atoms with Crippen LogP contribution in [0.15, 0.2) is 35.5 Å². The fourth-order valence-corrected chi connectivity index (χ4v) is 3.79. The van der Waals surface area contributed by atoms with Gasteiger partial charge in [0.05, 0.1) is 5.75 Å². The molecule has 3 rings (SSSR count). The zero-order valence-electron chi connectivity index (χ0n) is 16.1. The van der Waals surface area contributed by atoms with E-state index in [1.165, 1.54) is 35.0 Å².